The van der Waals surface area contributed by atoms with Crippen LogP contribution in [0.5, 0.6) is 0 Å². The lowest BCUT2D eigenvalue weighted by molar-refractivity contribution is -0.120. The Bertz CT molecular complexity index is 627. The van der Waals surface area contributed by atoms with Gasteiger partial charge in [-0.15, -0.1) is 0 Å². The van der Waals surface area contributed by atoms with Gasteiger partial charge in [0.05, 0.1) is 0 Å². The third-order valence-corrected chi connectivity index (χ3v) is 4.93. The first-order chi connectivity index (χ1) is 12.0. The van der Waals surface area contributed by atoms with Gasteiger partial charge < -0.3 is 15.5 Å². The van der Waals surface area contributed by atoms with Crippen LogP contribution >= 0.6 is 12.2 Å². The maximum atomic E-state index is 12.1. The van der Waals surface area contributed by atoms with Gasteiger partial charge >= 0.3 is 0 Å². The third-order valence-electron chi connectivity index (χ3n) is 4.72. The summed E-state index contributed by atoms with van der Waals surface area (Å²) in [6.07, 6.45) is 7.84. The molecule has 25 heavy (non-hydrogen) atoms. The van der Waals surface area contributed by atoms with Crippen LogP contribution in [0.1, 0.15) is 51.9 Å². The second kappa shape index (κ2) is 9.51. The Labute approximate surface area is 155 Å². The number of carbonyl (C=O) groups is 2. The fraction of sp³-hybridized carbons (Fsp3) is 0.526. The summed E-state index contributed by atoms with van der Waals surface area (Å²) in [7, 11) is 1.72. The summed E-state index contributed by atoms with van der Waals surface area (Å²) in [6.45, 7) is 1.51. The van der Waals surface area contributed by atoms with E-state index in [4.69, 9.17) is 12.2 Å². The van der Waals surface area contributed by atoms with Crippen LogP contribution in [0.15, 0.2) is 24.3 Å². The van der Waals surface area contributed by atoms with Gasteiger partial charge in [-0.2, -0.15) is 0 Å². The summed E-state index contributed by atoms with van der Waals surface area (Å²) in [5.41, 5.74) is 1.51. The first-order valence-corrected chi connectivity index (χ1v) is 9.31. The molecule has 0 aliphatic heterocycles. The summed E-state index contributed by atoms with van der Waals surface area (Å²) in [4.78, 5) is 25.1. The maximum absolute atomic E-state index is 12.1. The lowest BCUT2D eigenvalue weighted by Crippen LogP contribution is -2.34. The molecule has 0 unspecified atom stereocenters. The molecule has 1 aromatic rings. The van der Waals surface area contributed by atoms with Crippen molar-refractivity contribution in [1.29, 1.82) is 0 Å². The number of amides is 2. The van der Waals surface area contributed by atoms with Crippen LogP contribution in [0.3, 0.4) is 0 Å². The Morgan fingerprint density at radius 3 is 2.64 bits per heavy atom. The molecule has 2 N–H and O–H groups in total. The van der Waals surface area contributed by atoms with Gasteiger partial charge in [0.15, 0.2) is 5.11 Å². The highest BCUT2D eigenvalue weighted by Crippen LogP contribution is 2.27. The quantitative estimate of drug-likeness (QED) is 0.782. The van der Waals surface area contributed by atoms with Gasteiger partial charge in [-0.25, -0.2) is 0 Å². The van der Waals surface area contributed by atoms with Gasteiger partial charge in [0.2, 0.25) is 11.8 Å². The van der Waals surface area contributed by atoms with Crippen molar-refractivity contribution in [3.8, 4) is 0 Å². The van der Waals surface area contributed by atoms with Crippen molar-refractivity contribution in [3.05, 3.63) is 24.3 Å². The Balaban J connectivity index is 1.80. The number of thiocarbonyl (C=S) groups is 1. The van der Waals surface area contributed by atoms with E-state index >= 15 is 0 Å². The highest BCUT2D eigenvalue weighted by molar-refractivity contribution is 7.80. The molecule has 0 heterocycles. The molecule has 2 amide bonds. The second-order valence-corrected chi connectivity index (χ2v) is 7.08. The van der Waals surface area contributed by atoms with Crippen LogP contribution in [0.4, 0.5) is 11.4 Å². The minimum atomic E-state index is -0.0456. The standard InChI is InChI=1S/C19H27N3O2S/c1-14(23)22(2)17-10-6-9-16(13-17)20-19(25)21-18(24)12-11-15-7-4-3-5-8-15/h6,9-10,13,15H,3-5,7-8,11-12H2,1-2H3,(H2,20,21,24,25). The number of anilines is 2. The average molecular weight is 362 g/mol. The van der Waals surface area contributed by atoms with E-state index in [-0.39, 0.29) is 16.9 Å². The molecule has 0 bridgehead atoms. The Morgan fingerprint density at radius 1 is 1.24 bits per heavy atom. The summed E-state index contributed by atoms with van der Waals surface area (Å²) in [6, 6.07) is 7.35. The van der Waals surface area contributed by atoms with E-state index in [9.17, 15) is 9.59 Å². The van der Waals surface area contributed by atoms with E-state index < -0.39 is 0 Å². The van der Waals surface area contributed by atoms with Gasteiger partial charge in [-0.05, 0) is 42.8 Å². The molecule has 1 saturated carbocycles. The predicted molar refractivity (Wildman–Crippen MR) is 106 cm³/mol. The molecular formula is C19H27N3O2S. The van der Waals surface area contributed by atoms with E-state index in [1.54, 1.807) is 11.9 Å². The van der Waals surface area contributed by atoms with Crippen molar-refractivity contribution in [1.82, 2.24) is 5.32 Å². The van der Waals surface area contributed by atoms with Crippen LogP contribution in [0.2, 0.25) is 0 Å². The van der Waals surface area contributed by atoms with Crippen LogP contribution in [0, 0.1) is 5.92 Å². The van der Waals surface area contributed by atoms with Crippen molar-refractivity contribution in [2.75, 3.05) is 17.3 Å². The van der Waals surface area contributed by atoms with Crippen LogP contribution in [-0.2, 0) is 9.59 Å². The summed E-state index contributed by atoms with van der Waals surface area (Å²) >= 11 is 5.22. The monoisotopic (exact) mass is 361 g/mol. The average Bonchev–Trinajstić information content (AvgIpc) is 2.60. The number of benzene rings is 1. The summed E-state index contributed by atoms with van der Waals surface area (Å²) < 4.78 is 0. The van der Waals surface area contributed by atoms with Gasteiger partial charge in [-0.1, -0.05) is 38.2 Å². The lowest BCUT2D eigenvalue weighted by atomic mass is 9.86. The van der Waals surface area contributed by atoms with Gasteiger partial charge in [0, 0.05) is 31.8 Å². The van der Waals surface area contributed by atoms with E-state index in [2.05, 4.69) is 10.6 Å². The number of hydrogen-bond acceptors (Lipinski definition) is 3. The molecule has 0 aromatic heterocycles. The molecule has 136 valence electrons. The molecule has 1 aliphatic carbocycles. The normalized spacial score (nSPS) is 14.6. The van der Waals surface area contributed by atoms with Crippen LogP contribution in [0.25, 0.3) is 0 Å². The molecule has 0 spiro atoms. The Morgan fingerprint density at radius 2 is 1.96 bits per heavy atom. The SMILES string of the molecule is CC(=O)N(C)c1cccc(NC(=S)NC(=O)CCC2CCCCC2)c1. The van der Waals surface area contributed by atoms with Crippen molar-refractivity contribution in [3.63, 3.8) is 0 Å². The molecule has 0 radical (unpaired) electrons. The second-order valence-electron chi connectivity index (χ2n) is 6.67. The predicted octanol–water partition coefficient (Wildman–Crippen LogP) is 3.84. The highest BCUT2D eigenvalue weighted by Gasteiger charge is 2.15. The fourth-order valence-corrected chi connectivity index (χ4v) is 3.37. The minimum absolute atomic E-state index is 0.0416. The van der Waals surface area contributed by atoms with Crippen molar-refractivity contribution < 1.29 is 9.59 Å². The fourth-order valence-electron chi connectivity index (χ4n) is 3.14. The number of hydrogen-bond donors (Lipinski definition) is 2. The van der Waals surface area contributed by atoms with Crippen molar-refractivity contribution >= 4 is 40.5 Å². The Hall–Kier alpha value is -1.95. The first-order valence-electron chi connectivity index (χ1n) is 8.91. The number of nitrogens with zero attached hydrogens (tertiary/aromatic N) is 1. The molecule has 2 rings (SSSR count). The molecule has 1 aromatic carbocycles. The van der Waals surface area contributed by atoms with Gasteiger partial charge in [-0.3, -0.25) is 9.59 Å². The zero-order chi connectivity index (χ0) is 18.2. The zero-order valence-corrected chi connectivity index (χ0v) is 15.8. The van der Waals surface area contributed by atoms with Crippen LogP contribution in [-0.4, -0.2) is 24.0 Å². The Kier molecular flexibility index (Phi) is 7.37. The molecule has 0 atom stereocenters. The molecule has 1 aliphatic rings. The molecular weight excluding hydrogens is 334 g/mol. The largest absolute Gasteiger partial charge is 0.332 e. The first kappa shape index (κ1) is 19.4. The van der Waals surface area contributed by atoms with Crippen molar-refractivity contribution in [2.24, 2.45) is 5.92 Å². The van der Waals surface area contributed by atoms with Gasteiger partial charge in [0.1, 0.15) is 0 Å². The summed E-state index contributed by atoms with van der Waals surface area (Å²) in [5, 5.41) is 6.04. The number of nitrogens with one attached hydrogen (secondary N) is 2. The van der Waals surface area contributed by atoms with Crippen LogP contribution < -0.4 is 15.5 Å². The smallest absolute Gasteiger partial charge is 0.226 e. The zero-order valence-electron chi connectivity index (χ0n) is 15.0. The number of rotatable bonds is 5. The van der Waals surface area contributed by atoms with E-state index in [1.807, 2.05) is 24.3 Å². The van der Waals surface area contributed by atoms with Crippen molar-refractivity contribution in [2.45, 2.75) is 51.9 Å². The van der Waals surface area contributed by atoms with E-state index in [0.717, 1.165) is 17.8 Å². The molecule has 0 saturated heterocycles. The summed E-state index contributed by atoms with van der Waals surface area (Å²) in [5.74, 6) is 0.593. The topological polar surface area (TPSA) is 61.4 Å². The third kappa shape index (κ3) is 6.46. The maximum Gasteiger partial charge on any atom is 0.226 e. The number of carbonyl (C=O) groups excluding carboxylic acids is 2. The lowest BCUT2D eigenvalue weighted by Gasteiger charge is -2.21. The molecule has 5 nitrogen and oxygen atoms in total. The minimum Gasteiger partial charge on any atom is -0.332 e. The van der Waals surface area contributed by atoms with Gasteiger partial charge in [0.25, 0.3) is 0 Å². The molecule has 6 heteroatoms. The van der Waals surface area contributed by atoms with E-state index in [0.29, 0.717) is 12.3 Å². The van der Waals surface area contributed by atoms with E-state index in [1.165, 1.54) is 39.0 Å². The molecule has 1 fully saturated rings. The highest BCUT2D eigenvalue weighted by atomic mass is 32.1.